The zero-order valence-corrected chi connectivity index (χ0v) is 6.49. The Kier molecular flexibility index (Phi) is 2.25. The van der Waals surface area contributed by atoms with E-state index in [0.29, 0.717) is 0 Å². The van der Waals surface area contributed by atoms with E-state index >= 15 is 0 Å². The maximum absolute atomic E-state index is 7.04. The first-order chi connectivity index (χ1) is 5.27. The van der Waals surface area contributed by atoms with Crippen molar-refractivity contribution in [3.05, 3.63) is 11.8 Å². The van der Waals surface area contributed by atoms with E-state index in [1.54, 1.807) is 0 Å². The Balaban J connectivity index is 2.63. The van der Waals surface area contributed by atoms with Crippen LogP contribution in [0.2, 0.25) is 0 Å². The summed E-state index contributed by atoms with van der Waals surface area (Å²) in [6.07, 6.45) is 4.54. The maximum atomic E-state index is 7.04. The van der Waals surface area contributed by atoms with E-state index in [4.69, 9.17) is 11.1 Å². The van der Waals surface area contributed by atoms with E-state index in [1.807, 2.05) is 18.3 Å². The normalized spacial score (nSPS) is 24.3. The van der Waals surface area contributed by atoms with Gasteiger partial charge in [-0.15, -0.1) is 0 Å². The fourth-order valence-electron chi connectivity index (χ4n) is 1.04. The van der Waals surface area contributed by atoms with Gasteiger partial charge < -0.3 is 11.1 Å². The van der Waals surface area contributed by atoms with Crippen LogP contribution in [-0.4, -0.2) is 31.0 Å². The van der Waals surface area contributed by atoms with Crippen LogP contribution in [0.4, 0.5) is 0 Å². The van der Waals surface area contributed by atoms with Gasteiger partial charge in [0, 0.05) is 31.9 Å². The highest BCUT2D eigenvalue weighted by Crippen LogP contribution is 2.12. The molecule has 3 N–H and O–H groups in total. The lowest BCUT2D eigenvalue weighted by atomic mass is 10.0. The van der Waals surface area contributed by atoms with Crippen molar-refractivity contribution in [1.29, 1.82) is 5.41 Å². The minimum Gasteiger partial charge on any atom is -0.404 e. The summed E-state index contributed by atoms with van der Waals surface area (Å²) in [5.41, 5.74) is 6.13. The summed E-state index contributed by atoms with van der Waals surface area (Å²) in [6, 6.07) is 0. The standard InChI is InChI=1S/C7H12N4/c1-11-5-7(4-10-11)6(2-8)3-9/h2-4,7-8H,5,9H2,1H3/b6-3+,8-2?. The lowest BCUT2D eigenvalue weighted by molar-refractivity contribution is 0.374. The van der Waals surface area contributed by atoms with Crippen LogP contribution >= 0.6 is 0 Å². The molecule has 0 aromatic rings. The van der Waals surface area contributed by atoms with Crippen LogP contribution in [0.5, 0.6) is 0 Å². The summed E-state index contributed by atoms with van der Waals surface area (Å²) < 4.78 is 0. The van der Waals surface area contributed by atoms with E-state index in [-0.39, 0.29) is 5.92 Å². The Bertz CT molecular complexity index is 206. The Morgan fingerprint density at radius 1 is 1.91 bits per heavy atom. The minimum atomic E-state index is 0.197. The summed E-state index contributed by atoms with van der Waals surface area (Å²) in [5, 5.41) is 12.9. The van der Waals surface area contributed by atoms with Crippen molar-refractivity contribution in [3.8, 4) is 0 Å². The SMILES string of the molecule is CN1CC(/C(C=N)=C/N)C=N1. The van der Waals surface area contributed by atoms with Crippen LogP contribution < -0.4 is 5.73 Å². The van der Waals surface area contributed by atoms with Crippen LogP contribution in [-0.2, 0) is 0 Å². The van der Waals surface area contributed by atoms with Crippen molar-refractivity contribution < 1.29 is 0 Å². The highest BCUT2D eigenvalue weighted by atomic mass is 15.4. The predicted octanol–water partition coefficient (Wildman–Crippen LogP) is 0.0260. The van der Waals surface area contributed by atoms with Gasteiger partial charge in [-0.2, -0.15) is 5.10 Å². The Morgan fingerprint density at radius 2 is 2.64 bits per heavy atom. The molecule has 0 saturated carbocycles. The second-order valence-electron chi connectivity index (χ2n) is 2.52. The third-order valence-corrected chi connectivity index (χ3v) is 1.69. The minimum absolute atomic E-state index is 0.197. The molecular weight excluding hydrogens is 140 g/mol. The van der Waals surface area contributed by atoms with Crippen LogP contribution in [0.15, 0.2) is 16.9 Å². The molecule has 4 nitrogen and oxygen atoms in total. The molecule has 1 unspecified atom stereocenters. The molecule has 1 heterocycles. The van der Waals surface area contributed by atoms with E-state index in [9.17, 15) is 0 Å². The number of nitrogens with one attached hydrogen (secondary N) is 1. The van der Waals surface area contributed by atoms with Gasteiger partial charge in [-0.3, -0.25) is 5.01 Å². The van der Waals surface area contributed by atoms with Gasteiger partial charge in [0.15, 0.2) is 0 Å². The molecule has 0 aliphatic carbocycles. The molecule has 0 radical (unpaired) electrons. The number of hydrogen-bond acceptors (Lipinski definition) is 4. The quantitative estimate of drug-likeness (QED) is 0.548. The molecule has 0 spiro atoms. The lowest BCUT2D eigenvalue weighted by Gasteiger charge is -2.09. The van der Waals surface area contributed by atoms with Gasteiger partial charge in [0.25, 0.3) is 0 Å². The molecule has 0 fully saturated rings. The van der Waals surface area contributed by atoms with E-state index < -0.39 is 0 Å². The summed E-state index contributed by atoms with van der Waals surface area (Å²) in [6.45, 7) is 0.818. The number of rotatable bonds is 2. The van der Waals surface area contributed by atoms with Crippen LogP contribution in [0, 0.1) is 11.3 Å². The first kappa shape index (κ1) is 7.78. The van der Waals surface area contributed by atoms with Gasteiger partial charge in [-0.25, -0.2) is 0 Å². The van der Waals surface area contributed by atoms with E-state index in [2.05, 4.69) is 5.10 Å². The second-order valence-corrected chi connectivity index (χ2v) is 2.52. The fourth-order valence-corrected chi connectivity index (χ4v) is 1.04. The molecular formula is C7H12N4. The molecule has 0 bridgehead atoms. The number of nitrogens with zero attached hydrogens (tertiary/aromatic N) is 2. The average molecular weight is 152 g/mol. The van der Waals surface area contributed by atoms with Crippen molar-refractivity contribution in [2.75, 3.05) is 13.6 Å². The third-order valence-electron chi connectivity index (χ3n) is 1.69. The van der Waals surface area contributed by atoms with Crippen molar-refractivity contribution in [2.24, 2.45) is 16.8 Å². The second kappa shape index (κ2) is 3.18. The Labute approximate surface area is 65.9 Å². The molecule has 0 amide bonds. The molecule has 1 rings (SSSR count). The number of nitrogens with two attached hydrogens (primary N) is 1. The zero-order chi connectivity index (χ0) is 8.27. The van der Waals surface area contributed by atoms with E-state index in [1.165, 1.54) is 12.4 Å². The molecule has 0 aromatic carbocycles. The highest BCUT2D eigenvalue weighted by molar-refractivity contribution is 5.84. The van der Waals surface area contributed by atoms with Gasteiger partial charge in [0.05, 0.1) is 0 Å². The first-order valence-corrected chi connectivity index (χ1v) is 3.45. The summed E-state index contributed by atoms with van der Waals surface area (Å²) in [4.78, 5) is 0. The molecule has 1 aliphatic heterocycles. The molecule has 1 aliphatic rings. The fraction of sp³-hybridized carbons (Fsp3) is 0.429. The summed E-state index contributed by atoms with van der Waals surface area (Å²) in [5.74, 6) is 0.197. The van der Waals surface area contributed by atoms with Crippen LogP contribution in [0.25, 0.3) is 0 Å². The smallest absolute Gasteiger partial charge is 0.0477 e. The molecule has 0 aromatic heterocycles. The Hall–Kier alpha value is -1.32. The van der Waals surface area contributed by atoms with Gasteiger partial charge in [0.2, 0.25) is 0 Å². The average Bonchev–Trinajstić information content (AvgIpc) is 2.39. The predicted molar refractivity (Wildman–Crippen MR) is 45.7 cm³/mol. The van der Waals surface area contributed by atoms with Crippen molar-refractivity contribution in [3.63, 3.8) is 0 Å². The van der Waals surface area contributed by atoms with Crippen molar-refractivity contribution >= 4 is 12.4 Å². The molecule has 11 heavy (non-hydrogen) atoms. The van der Waals surface area contributed by atoms with Gasteiger partial charge in [-0.1, -0.05) is 0 Å². The van der Waals surface area contributed by atoms with Crippen LogP contribution in [0.1, 0.15) is 0 Å². The van der Waals surface area contributed by atoms with E-state index in [0.717, 1.165) is 12.1 Å². The molecule has 0 saturated heterocycles. The number of hydrogen-bond donors (Lipinski definition) is 2. The summed E-state index contributed by atoms with van der Waals surface area (Å²) >= 11 is 0. The number of hydrazone groups is 1. The first-order valence-electron chi connectivity index (χ1n) is 3.45. The Morgan fingerprint density at radius 3 is 3.00 bits per heavy atom. The van der Waals surface area contributed by atoms with Gasteiger partial charge in [0.1, 0.15) is 0 Å². The van der Waals surface area contributed by atoms with Gasteiger partial charge >= 0.3 is 0 Å². The molecule has 60 valence electrons. The largest absolute Gasteiger partial charge is 0.404 e. The monoisotopic (exact) mass is 152 g/mol. The molecule has 1 atom stereocenters. The van der Waals surface area contributed by atoms with Crippen molar-refractivity contribution in [2.45, 2.75) is 0 Å². The summed E-state index contributed by atoms with van der Waals surface area (Å²) in [7, 11) is 1.90. The third kappa shape index (κ3) is 1.58. The zero-order valence-electron chi connectivity index (χ0n) is 6.49. The topological polar surface area (TPSA) is 65.5 Å². The highest BCUT2D eigenvalue weighted by Gasteiger charge is 2.16. The van der Waals surface area contributed by atoms with Gasteiger partial charge in [-0.05, 0) is 11.8 Å². The maximum Gasteiger partial charge on any atom is 0.0477 e. The van der Waals surface area contributed by atoms with Crippen molar-refractivity contribution in [1.82, 2.24) is 5.01 Å². The molecule has 4 heteroatoms. The lowest BCUT2D eigenvalue weighted by Crippen LogP contribution is -2.16. The van der Waals surface area contributed by atoms with Crippen LogP contribution in [0.3, 0.4) is 0 Å².